The van der Waals surface area contributed by atoms with E-state index in [0.717, 1.165) is 27.4 Å². The number of aliphatic carboxylic acids is 1. The van der Waals surface area contributed by atoms with Crippen LogP contribution in [0.15, 0.2) is 184 Å². The molecule has 2 atom stereocenters. The maximum absolute atomic E-state index is 13.8. The van der Waals surface area contributed by atoms with E-state index in [1.165, 1.54) is 58.3 Å². The molecule has 0 aromatic heterocycles. The van der Waals surface area contributed by atoms with Crippen molar-refractivity contribution in [2.24, 2.45) is 0 Å². The second-order valence-corrected chi connectivity index (χ2v) is 29.0. The molecule has 2 unspecified atom stereocenters. The fourth-order valence-corrected chi connectivity index (χ4v) is 15.1. The Kier molecular flexibility index (Phi) is 21.2. The molecule has 3 aliphatic carbocycles. The van der Waals surface area contributed by atoms with Crippen LogP contribution in [0.2, 0.25) is 0 Å². The van der Waals surface area contributed by atoms with Crippen molar-refractivity contribution < 1.29 is 101 Å². The molecular weight excluding hydrogens is 1480 g/mol. The molecule has 4 saturated heterocycles. The van der Waals surface area contributed by atoms with Gasteiger partial charge in [0.05, 0.1) is 34.4 Å². The number of aromatic carboxylic acids is 3. The highest BCUT2D eigenvalue weighted by atomic mass is 16.7. The first-order chi connectivity index (χ1) is 55.0. The normalized spacial score (nSPS) is 16.2. The molecule has 0 bridgehead atoms. The van der Waals surface area contributed by atoms with E-state index in [2.05, 4.69) is 0 Å². The van der Waals surface area contributed by atoms with E-state index in [4.69, 9.17) is 23.2 Å². The Morgan fingerprint density at radius 2 is 0.896 bits per heavy atom. The number of imide groups is 2. The fourth-order valence-electron chi connectivity index (χ4n) is 15.1. The van der Waals surface area contributed by atoms with Crippen molar-refractivity contribution in [1.82, 2.24) is 29.1 Å². The first-order valence-corrected chi connectivity index (χ1v) is 37.0. The highest BCUT2D eigenvalue weighted by molar-refractivity contribution is 6.12. The Morgan fingerprint density at radius 1 is 0.461 bits per heavy atom. The summed E-state index contributed by atoms with van der Waals surface area (Å²) in [7, 11) is 7.66. The number of ether oxygens (including phenoxy) is 1. The van der Waals surface area contributed by atoms with Gasteiger partial charge in [0.15, 0.2) is 0 Å². The number of carboxylic acids is 4. The van der Waals surface area contributed by atoms with Gasteiger partial charge in [0.25, 0.3) is 35.4 Å². The second-order valence-electron chi connectivity index (χ2n) is 29.0. The number of rotatable bonds is 13. The molecule has 4 N–H and O–H groups in total. The summed E-state index contributed by atoms with van der Waals surface area (Å²) in [6, 6.07) is 39.3. The molecule has 6 aromatic rings. The number of fused-ring (bicyclic) bond motifs is 6. The third kappa shape index (κ3) is 15.2. The predicted octanol–water partition coefficient (Wildman–Crippen LogP) is 11.3. The minimum Gasteiger partial charge on any atom is -0.480 e. The lowest BCUT2D eigenvalue weighted by atomic mass is 9.84. The van der Waals surface area contributed by atoms with Crippen molar-refractivity contribution in [3.63, 3.8) is 0 Å². The number of nitrogens with zero attached hydrogens (tertiary/aromatic N) is 6. The summed E-state index contributed by atoms with van der Waals surface area (Å²) < 4.78 is 22.5. The lowest BCUT2D eigenvalue weighted by molar-refractivity contribution is -0.200. The summed E-state index contributed by atoms with van der Waals surface area (Å²) in [6.07, 6.45) is 8.12. The number of carbonyl (C=O) groups excluding carboxylic acids is 8. The second kappa shape index (κ2) is 31.5. The summed E-state index contributed by atoms with van der Waals surface area (Å²) in [6.45, 7) is 6.42. The Morgan fingerprint density at radius 3 is 1.39 bits per heavy atom. The van der Waals surface area contributed by atoms with Crippen LogP contribution in [-0.4, -0.2) is 165 Å². The van der Waals surface area contributed by atoms with Crippen LogP contribution in [0.3, 0.4) is 0 Å². The quantitative estimate of drug-likeness (QED) is 0.0473. The van der Waals surface area contributed by atoms with Crippen LogP contribution in [0.4, 0.5) is 0 Å². The van der Waals surface area contributed by atoms with Gasteiger partial charge < -0.3 is 53.5 Å². The van der Waals surface area contributed by atoms with Crippen molar-refractivity contribution in [3.05, 3.63) is 247 Å². The Labute approximate surface area is 655 Å². The third-order valence-electron chi connectivity index (χ3n) is 20.9. The summed E-state index contributed by atoms with van der Waals surface area (Å²) in [4.78, 5) is 162. The molecule has 0 spiro atoms. The predicted molar refractivity (Wildman–Crippen MR) is 417 cm³/mol. The van der Waals surface area contributed by atoms with E-state index in [1.54, 1.807) is 6.07 Å². The number of allylic oxidation sites excluding steroid dienone is 3. The smallest absolute Gasteiger partial charge is 0.363 e. The summed E-state index contributed by atoms with van der Waals surface area (Å²) in [5.74, 6) is -7.29. The van der Waals surface area contributed by atoms with Crippen molar-refractivity contribution in [1.29, 1.82) is 0 Å². The van der Waals surface area contributed by atoms with E-state index in [1.807, 2.05) is 167 Å². The van der Waals surface area contributed by atoms with Crippen molar-refractivity contribution in [2.75, 3.05) is 41.3 Å². The lowest BCUT2D eigenvalue weighted by Crippen LogP contribution is -2.44. The molecule has 0 radical (unpaired) electrons. The summed E-state index contributed by atoms with van der Waals surface area (Å²) in [5.41, 5.74) is 10.1. The SMILES string of the molecule is Cc1ccc2c(-c3cc(C(=O)N4CCCC4C(=O)O)ccc3C(=O)O)c3ccc(=[N+](C)C)cc-3oc2c1.Cc1ccc2c(-c3cc(C(=O)ON4C(=O)CCC4=O)ccc3C(=O)O)c3ccc(=[N+](C)C)cc-3oc2c1.Cc1ccc2c(c1)OC1=CCC=CC1=C2c1cc(C(=O)N2CCCC2C(=O)ON2C(=O)CCC2=O)ccc1C(=O)O. The number of hydrogen-bond donors (Lipinski definition) is 4. The molecule has 10 aliphatic rings. The first-order valence-electron chi connectivity index (χ1n) is 37.0. The zero-order valence-corrected chi connectivity index (χ0v) is 63.4. The van der Waals surface area contributed by atoms with Crippen LogP contribution in [0.5, 0.6) is 5.75 Å². The van der Waals surface area contributed by atoms with Gasteiger partial charge in [-0.3, -0.25) is 28.8 Å². The fraction of sp³-hybridized carbons (Fsp3) is 0.227. The maximum atomic E-state index is 13.8. The number of carboxylic acid groups (broad SMARTS) is 4. The van der Waals surface area contributed by atoms with Gasteiger partial charge in [0.2, 0.25) is 10.7 Å². The number of aryl methyl sites for hydroxylation is 3. The largest absolute Gasteiger partial charge is 0.480 e. The van der Waals surface area contributed by atoms with Crippen LogP contribution in [0.1, 0.15) is 148 Å². The molecule has 115 heavy (non-hydrogen) atoms. The molecule has 27 heteroatoms. The van der Waals surface area contributed by atoms with Gasteiger partial charge in [0.1, 0.15) is 74.5 Å². The number of carbonyl (C=O) groups is 12. The van der Waals surface area contributed by atoms with E-state index < -0.39 is 83.3 Å². The topological polar surface area (TPSA) is 359 Å². The minimum absolute atomic E-state index is 0.00776. The van der Waals surface area contributed by atoms with E-state index in [9.17, 15) is 78.0 Å². The Balaban J connectivity index is 0.000000143. The maximum Gasteiger partial charge on any atom is 0.363 e. The first kappa shape index (κ1) is 77.5. The zero-order valence-electron chi connectivity index (χ0n) is 63.4. The molecule has 6 amide bonds. The van der Waals surface area contributed by atoms with Gasteiger partial charge in [-0.1, -0.05) is 48.6 Å². The number of hydroxylamine groups is 4. The van der Waals surface area contributed by atoms with Gasteiger partial charge in [-0.25, -0.2) is 37.9 Å². The zero-order chi connectivity index (χ0) is 81.7. The van der Waals surface area contributed by atoms with Crippen LogP contribution < -0.4 is 24.6 Å². The Hall–Kier alpha value is -14.2. The van der Waals surface area contributed by atoms with Crippen molar-refractivity contribution in [3.8, 4) is 50.7 Å². The molecule has 4 fully saturated rings. The summed E-state index contributed by atoms with van der Waals surface area (Å²) in [5, 5.41) is 43.9. The molecule has 6 aromatic carbocycles. The van der Waals surface area contributed by atoms with Crippen molar-refractivity contribution >= 4 is 98.8 Å². The Bertz CT molecular complexity index is 6070. The highest BCUT2D eigenvalue weighted by Crippen LogP contribution is 2.47. The van der Waals surface area contributed by atoms with Crippen LogP contribution in [-0.2, 0) is 38.4 Å². The molecule has 27 nitrogen and oxygen atoms in total. The number of amides is 6. The van der Waals surface area contributed by atoms with Gasteiger partial charge in [-0.2, -0.15) is 0 Å². The van der Waals surface area contributed by atoms with Gasteiger partial charge in [-0.05, 0) is 177 Å². The molecule has 7 heterocycles. The summed E-state index contributed by atoms with van der Waals surface area (Å²) >= 11 is 0. The highest BCUT2D eigenvalue weighted by Gasteiger charge is 2.42. The van der Waals surface area contributed by atoms with Crippen LogP contribution >= 0.6 is 0 Å². The van der Waals surface area contributed by atoms with Gasteiger partial charge in [-0.15, -0.1) is 10.1 Å². The minimum atomic E-state index is -1.18. The van der Waals surface area contributed by atoms with E-state index in [-0.39, 0.29) is 71.2 Å². The third-order valence-corrected chi connectivity index (χ3v) is 20.9. The van der Waals surface area contributed by atoms with Crippen LogP contribution in [0, 0.1) is 20.8 Å². The standard InChI is InChI=1S/C31H26N2O8.C29H26N2O6.C28H22N2O7/c1-17-8-10-21-25(15-17)40-24-7-3-2-5-20(24)28(21)22-16-18(9-11-19(22)30(37)38)29(36)32-14-4-6-23(32)31(39)41-33-26(34)12-13-27(33)35;1-16-6-9-20-24(13-16)37-25-15-18(30(2)3)8-11-21(25)26(20)22-14-17(7-10-19(22)28(33)34)27(32)31-12-4-5-23(31)29(35)36;1-15-4-7-19-22(12-15)36-23-14-17(29(2)3)6-9-20(23)26(19)21-13-16(5-8-18(21)27(33)34)28(35)37-30-24(31)10-11-25(30)32/h2,5,7-11,15-16,23H,3-4,6,12-14H2,1H3,(H,37,38);6-11,13-15,23H,4-5,12H2,1-3H3,(H-,33,34,35,36);4-9,12-14H,10-11H2,1-3H3/p+2. The lowest BCUT2D eigenvalue weighted by Gasteiger charge is -2.28. The van der Waals surface area contributed by atoms with Gasteiger partial charge in [0, 0.05) is 112 Å². The molecular formula is C88H76N6O21+2. The van der Waals surface area contributed by atoms with Gasteiger partial charge >= 0.3 is 35.8 Å². The van der Waals surface area contributed by atoms with Crippen molar-refractivity contribution in [2.45, 2.75) is 90.6 Å². The van der Waals surface area contributed by atoms with Crippen LogP contribution in [0.25, 0.3) is 72.4 Å². The molecule has 0 saturated carbocycles. The average molecular weight is 1550 g/mol. The number of likely N-dealkylation sites (tertiary alicyclic amines) is 2. The molecule has 16 rings (SSSR count). The van der Waals surface area contributed by atoms with E-state index in [0.29, 0.717) is 144 Å². The van der Waals surface area contributed by atoms with E-state index >= 15 is 0 Å². The molecule has 582 valence electrons. The molecule has 7 aliphatic heterocycles. The average Bonchev–Trinajstić information content (AvgIpc) is 1.70. The number of benzene rings is 8. The monoisotopic (exact) mass is 1550 g/mol. The number of hydrogen-bond acceptors (Lipinski definition) is 17.